The first-order valence-corrected chi connectivity index (χ1v) is 4.87. The highest BCUT2D eigenvalue weighted by atomic mass is 16.4. The predicted molar refractivity (Wildman–Crippen MR) is 63.2 cm³/mol. The first-order valence-electron chi connectivity index (χ1n) is 4.87. The zero-order chi connectivity index (χ0) is 11.5. The summed E-state index contributed by atoms with van der Waals surface area (Å²) in [7, 11) is 0. The summed E-state index contributed by atoms with van der Waals surface area (Å²) in [5.74, 6) is -0.946. The lowest BCUT2D eigenvalue weighted by molar-refractivity contribution is 0.0698. The van der Waals surface area contributed by atoms with Crippen LogP contribution in [0.3, 0.4) is 0 Å². The van der Waals surface area contributed by atoms with E-state index in [-0.39, 0.29) is 5.56 Å². The van der Waals surface area contributed by atoms with Gasteiger partial charge in [-0.15, -0.1) is 0 Å². The summed E-state index contributed by atoms with van der Waals surface area (Å²) < 4.78 is 0. The van der Waals surface area contributed by atoms with E-state index in [0.717, 1.165) is 5.56 Å². The molecular formula is C13H11NO2. The van der Waals surface area contributed by atoms with Crippen LogP contribution in [0.5, 0.6) is 0 Å². The Morgan fingerprint density at radius 3 is 2.38 bits per heavy atom. The van der Waals surface area contributed by atoms with Crippen LogP contribution in [0.1, 0.15) is 10.4 Å². The minimum absolute atomic E-state index is 0.264. The van der Waals surface area contributed by atoms with Crippen LogP contribution >= 0.6 is 0 Å². The van der Waals surface area contributed by atoms with E-state index in [0.29, 0.717) is 11.3 Å². The van der Waals surface area contributed by atoms with Gasteiger partial charge in [-0.05, 0) is 29.3 Å². The van der Waals surface area contributed by atoms with Crippen LogP contribution in [0, 0.1) is 0 Å². The van der Waals surface area contributed by atoms with Crippen LogP contribution in [-0.4, -0.2) is 11.1 Å². The summed E-state index contributed by atoms with van der Waals surface area (Å²) in [6, 6.07) is 14.1. The van der Waals surface area contributed by atoms with E-state index in [1.165, 1.54) is 6.07 Å². The average molecular weight is 213 g/mol. The van der Waals surface area contributed by atoms with E-state index in [9.17, 15) is 4.79 Å². The van der Waals surface area contributed by atoms with Crippen LogP contribution in [0.2, 0.25) is 0 Å². The molecule has 0 aliphatic carbocycles. The second-order valence-corrected chi connectivity index (χ2v) is 3.48. The first-order chi connectivity index (χ1) is 7.68. The summed E-state index contributed by atoms with van der Waals surface area (Å²) >= 11 is 0. The third-order valence-corrected chi connectivity index (χ3v) is 2.36. The van der Waals surface area contributed by atoms with Crippen LogP contribution in [0.15, 0.2) is 48.5 Å². The molecular weight excluding hydrogens is 202 g/mol. The molecule has 0 atom stereocenters. The molecule has 3 nitrogen and oxygen atoms in total. The quantitative estimate of drug-likeness (QED) is 0.754. The van der Waals surface area contributed by atoms with Crippen molar-refractivity contribution >= 4 is 11.7 Å². The topological polar surface area (TPSA) is 63.3 Å². The van der Waals surface area contributed by atoms with Crippen molar-refractivity contribution in [3.05, 3.63) is 54.1 Å². The number of aromatic carboxylic acids is 1. The number of anilines is 1. The van der Waals surface area contributed by atoms with Crippen molar-refractivity contribution in [3.63, 3.8) is 0 Å². The fraction of sp³-hybridized carbons (Fsp3) is 0. The summed E-state index contributed by atoms with van der Waals surface area (Å²) in [5.41, 5.74) is 8.00. The van der Waals surface area contributed by atoms with E-state index in [1.54, 1.807) is 12.1 Å². The zero-order valence-corrected chi connectivity index (χ0v) is 8.55. The molecule has 0 spiro atoms. The minimum atomic E-state index is -0.946. The Morgan fingerprint density at radius 1 is 1.06 bits per heavy atom. The van der Waals surface area contributed by atoms with E-state index in [2.05, 4.69) is 0 Å². The van der Waals surface area contributed by atoms with Gasteiger partial charge in [0.1, 0.15) is 0 Å². The number of hydrogen-bond acceptors (Lipinski definition) is 2. The van der Waals surface area contributed by atoms with Crippen LogP contribution in [-0.2, 0) is 0 Å². The van der Waals surface area contributed by atoms with Crippen LogP contribution < -0.4 is 5.73 Å². The van der Waals surface area contributed by atoms with Crippen molar-refractivity contribution in [2.24, 2.45) is 0 Å². The van der Waals surface area contributed by atoms with Gasteiger partial charge in [0.2, 0.25) is 0 Å². The van der Waals surface area contributed by atoms with Gasteiger partial charge in [0.15, 0.2) is 0 Å². The number of rotatable bonds is 2. The third kappa shape index (κ3) is 1.88. The highest BCUT2D eigenvalue weighted by molar-refractivity contribution is 5.96. The normalized spacial score (nSPS) is 10.0. The molecule has 0 heterocycles. The molecule has 0 unspecified atom stereocenters. The Hall–Kier alpha value is -2.29. The Morgan fingerprint density at radius 2 is 1.75 bits per heavy atom. The fourth-order valence-electron chi connectivity index (χ4n) is 1.60. The summed E-state index contributed by atoms with van der Waals surface area (Å²) in [6.07, 6.45) is 0. The zero-order valence-electron chi connectivity index (χ0n) is 8.55. The van der Waals surface area contributed by atoms with Gasteiger partial charge in [-0.25, -0.2) is 4.79 Å². The molecule has 16 heavy (non-hydrogen) atoms. The lowest BCUT2D eigenvalue weighted by atomic mass is 9.99. The fourth-order valence-corrected chi connectivity index (χ4v) is 1.60. The Bertz CT molecular complexity index is 521. The van der Waals surface area contributed by atoms with E-state index >= 15 is 0 Å². The van der Waals surface area contributed by atoms with Crippen LogP contribution in [0.25, 0.3) is 11.1 Å². The van der Waals surface area contributed by atoms with Gasteiger partial charge in [0, 0.05) is 5.69 Å². The SMILES string of the molecule is Nc1ccc(C(=O)O)c(-c2ccccc2)c1. The maximum absolute atomic E-state index is 11.1. The second-order valence-electron chi connectivity index (χ2n) is 3.48. The lowest BCUT2D eigenvalue weighted by Crippen LogP contribution is -2.00. The van der Waals surface area contributed by atoms with Gasteiger partial charge in [0.05, 0.1) is 5.56 Å². The Labute approximate surface area is 93.1 Å². The maximum atomic E-state index is 11.1. The molecule has 0 bridgehead atoms. The van der Waals surface area contributed by atoms with Crippen molar-refractivity contribution in [2.75, 3.05) is 5.73 Å². The molecule has 0 radical (unpaired) electrons. The number of carboxylic acid groups (broad SMARTS) is 1. The van der Waals surface area contributed by atoms with Crippen LogP contribution in [0.4, 0.5) is 5.69 Å². The number of nitrogens with two attached hydrogens (primary N) is 1. The minimum Gasteiger partial charge on any atom is -0.478 e. The van der Waals surface area contributed by atoms with Crippen molar-refractivity contribution in [2.45, 2.75) is 0 Å². The number of nitrogen functional groups attached to an aromatic ring is 1. The molecule has 0 saturated heterocycles. The van der Waals surface area contributed by atoms with Gasteiger partial charge < -0.3 is 10.8 Å². The monoisotopic (exact) mass is 213 g/mol. The summed E-state index contributed by atoms with van der Waals surface area (Å²) in [6.45, 7) is 0. The third-order valence-electron chi connectivity index (χ3n) is 2.36. The molecule has 0 saturated carbocycles. The van der Waals surface area contributed by atoms with E-state index < -0.39 is 5.97 Å². The maximum Gasteiger partial charge on any atom is 0.336 e. The molecule has 2 rings (SSSR count). The smallest absolute Gasteiger partial charge is 0.336 e. The second kappa shape index (κ2) is 4.06. The highest BCUT2D eigenvalue weighted by Gasteiger charge is 2.11. The number of benzene rings is 2. The molecule has 0 aromatic heterocycles. The molecule has 0 amide bonds. The van der Waals surface area contributed by atoms with Crippen molar-refractivity contribution < 1.29 is 9.90 Å². The van der Waals surface area contributed by atoms with Crippen molar-refractivity contribution in [3.8, 4) is 11.1 Å². The molecule has 2 aromatic rings. The molecule has 0 aliphatic rings. The Kier molecular flexibility index (Phi) is 2.60. The number of carbonyl (C=O) groups is 1. The Balaban J connectivity index is 2.63. The van der Waals surface area contributed by atoms with Gasteiger partial charge >= 0.3 is 5.97 Å². The first kappa shape index (κ1) is 10.2. The standard InChI is InChI=1S/C13H11NO2/c14-10-6-7-11(13(15)16)12(8-10)9-4-2-1-3-5-9/h1-8H,14H2,(H,15,16). The van der Waals surface area contributed by atoms with E-state index in [4.69, 9.17) is 10.8 Å². The molecule has 0 aliphatic heterocycles. The van der Waals surface area contributed by atoms with Gasteiger partial charge in [-0.1, -0.05) is 30.3 Å². The van der Waals surface area contributed by atoms with Gasteiger partial charge in [-0.2, -0.15) is 0 Å². The largest absolute Gasteiger partial charge is 0.478 e. The molecule has 3 heteroatoms. The lowest BCUT2D eigenvalue weighted by Gasteiger charge is -2.07. The summed E-state index contributed by atoms with van der Waals surface area (Å²) in [5, 5.41) is 9.08. The molecule has 3 N–H and O–H groups in total. The average Bonchev–Trinajstić information content (AvgIpc) is 2.29. The van der Waals surface area contributed by atoms with Gasteiger partial charge in [0.25, 0.3) is 0 Å². The highest BCUT2D eigenvalue weighted by Crippen LogP contribution is 2.25. The molecule has 80 valence electrons. The predicted octanol–water partition coefficient (Wildman–Crippen LogP) is 2.63. The van der Waals surface area contributed by atoms with E-state index in [1.807, 2.05) is 30.3 Å². The molecule has 0 fully saturated rings. The van der Waals surface area contributed by atoms with Crippen molar-refractivity contribution in [1.82, 2.24) is 0 Å². The molecule has 2 aromatic carbocycles. The summed E-state index contributed by atoms with van der Waals surface area (Å²) in [4.78, 5) is 11.1. The van der Waals surface area contributed by atoms with Crippen molar-refractivity contribution in [1.29, 1.82) is 0 Å². The number of carboxylic acids is 1. The number of hydrogen-bond donors (Lipinski definition) is 2. The van der Waals surface area contributed by atoms with Gasteiger partial charge in [-0.3, -0.25) is 0 Å².